The van der Waals surface area contributed by atoms with E-state index in [1.807, 2.05) is 60.7 Å². The van der Waals surface area contributed by atoms with Gasteiger partial charge < -0.3 is 29.3 Å². The van der Waals surface area contributed by atoms with Crippen LogP contribution in [0.25, 0.3) is 0 Å². The molecule has 0 bridgehead atoms. The summed E-state index contributed by atoms with van der Waals surface area (Å²) in [6.07, 6.45) is 0. The van der Waals surface area contributed by atoms with Gasteiger partial charge in [-0.1, -0.05) is 97.1 Å². The number of esters is 2. The van der Waals surface area contributed by atoms with Gasteiger partial charge in [-0.25, -0.2) is 9.59 Å². The van der Waals surface area contributed by atoms with Gasteiger partial charge in [-0.15, -0.1) is 0 Å². The minimum absolute atomic E-state index is 0. The molecule has 0 aromatic heterocycles. The molecule has 0 saturated heterocycles. The first kappa shape index (κ1) is 31.2. The minimum atomic E-state index is -1.52. The largest absolute Gasteiger partial charge is 2.00 e. The van der Waals surface area contributed by atoms with Crippen LogP contribution >= 0.6 is 0 Å². The second-order valence-electron chi connectivity index (χ2n) is 7.79. The van der Waals surface area contributed by atoms with Crippen molar-refractivity contribution >= 4 is 61.6 Å². The third-order valence-corrected chi connectivity index (χ3v) is 5.16. The van der Waals surface area contributed by atoms with E-state index in [9.17, 15) is 29.4 Å². The molecular formula is C30H22CaO8. The van der Waals surface area contributed by atoms with Crippen LogP contribution in [0.4, 0.5) is 0 Å². The number of ether oxygens (including phenoxy) is 2. The number of rotatable bonds is 8. The van der Waals surface area contributed by atoms with Crippen LogP contribution in [0.2, 0.25) is 0 Å². The minimum Gasteiger partial charge on any atom is -0.545 e. The Hall–Kier alpha value is -3.98. The molecule has 9 heteroatoms. The Kier molecular flexibility index (Phi) is 12.9. The van der Waals surface area contributed by atoms with E-state index in [1.165, 1.54) is 12.1 Å². The van der Waals surface area contributed by atoms with Crippen LogP contribution in [0.5, 0.6) is 0 Å². The summed E-state index contributed by atoms with van der Waals surface area (Å²) in [5.41, 5.74) is 1.42. The summed E-state index contributed by atoms with van der Waals surface area (Å²) in [6.45, 7) is 0.292. The van der Waals surface area contributed by atoms with Gasteiger partial charge in [0.15, 0.2) is 0 Å². The zero-order valence-corrected chi connectivity index (χ0v) is 23.0. The second kappa shape index (κ2) is 16.1. The summed E-state index contributed by atoms with van der Waals surface area (Å²) in [7, 11) is 0. The Morgan fingerprint density at radius 3 is 1.05 bits per heavy atom. The van der Waals surface area contributed by atoms with E-state index in [1.54, 1.807) is 24.3 Å². The van der Waals surface area contributed by atoms with Gasteiger partial charge in [-0.3, -0.25) is 0 Å². The molecule has 4 aromatic carbocycles. The third-order valence-electron chi connectivity index (χ3n) is 5.16. The summed E-state index contributed by atoms with van der Waals surface area (Å²) in [6, 6.07) is 30.4. The van der Waals surface area contributed by atoms with Crippen molar-refractivity contribution in [2.45, 2.75) is 13.2 Å². The average Bonchev–Trinajstić information content (AvgIpc) is 2.96. The van der Waals surface area contributed by atoms with Crippen molar-refractivity contribution in [1.29, 1.82) is 0 Å². The van der Waals surface area contributed by atoms with Crippen LogP contribution in [0, 0.1) is 0 Å². The maximum Gasteiger partial charge on any atom is 2.00 e. The first-order chi connectivity index (χ1) is 18.4. The molecule has 0 atom stereocenters. The fourth-order valence-corrected chi connectivity index (χ4v) is 3.28. The standard InChI is InChI=1S/C22H18O4.C8H6O4.Ca/c23-21(25-15-17-9-3-1-4-10-17)19-13-7-8-14-20(19)22(24)26-16-18-11-5-2-6-12-18;9-7(10)5-3-1-2-4-6(5)8(11)12;/h1-14H,15-16H2;1-4H,(H,9,10)(H,11,12);/q;;+2/p-2. The first-order valence-corrected chi connectivity index (χ1v) is 11.4. The summed E-state index contributed by atoms with van der Waals surface area (Å²) in [5.74, 6) is -4.15. The predicted octanol–water partition coefficient (Wildman–Crippen LogP) is 2.43. The van der Waals surface area contributed by atoms with E-state index in [0.717, 1.165) is 23.3 Å². The summed E-state index contributed by atoms with van der Waals surface area (Å²) >= 11 is 0. The summed E-state index contributed by atoms with van der Waals surface area (Å²) in [5, 5.41) is 20.6. The number of carbonyl (C=O) groups is 4. The van der Waals surface area contributed by atoms with Gasteiger partial charge in [-0.05, 0) is 23.3 Å². The molecule has 192 valence electrons. The van der Waals surface area contributed by atoms with Crippen LogP contribution in [-0.2, 0) is 22.7 Å². The molecule has 0 heterocycles. The van der Waals surface area contributed by atoms with Crippen LogP contribution in [0.1, 0.15) is 52.6 Å². The summed E-state index contributed by atoms with van der Waals surface area (Å²) in [4.78, 5) is 45.4. The van der Waals surface area contributed by atoms with Gasteiger partial charge in [0.2, 0.25) is 0 Å². The fourth-order valence-electron chi connectivity index (χ4n) is 3.28. The molecule has 0 aliphatic carbocycles. The molecule has 4 rings (SSSR count). The Balaban J connectivity index is 0.000000346. The van der Waals surface area contributed by atoms with Crippen LogP contribution < -0.4 is 10.2 Å². The molecule has 0 aliphatic rings. The van der Waals surface area contributed by atoms with E-state index in [0.29, 0.717) is 0 Å². The van der Waals surface area contributed by atoms with Crippen molar-refractivity contribution in [2.75, 3.05) is 0 Å². The van der Waals surface area contributed by atoms with Crippen LogP contribution in [0.3, 0.4) is 0 Å². The molecule has 0 spiro atoms. The van der Waals surface area contributed by atoms with Crippen molar-refractivity contribution in [3.05, 3.63) is 143 Å². The van der Waals surface area contributed by atoms with Crippen molar-refractivity contribution in [3.63, 3.8) is 0 Å². The maximum atomic E-state index is 12.4. The molecular weight excluding hydrogens is 528 g/mol. The number of hydrogen-bond acceptors (Lipinski definition) is 8. The van der Waals surface area contributed by atoms with Gasteiger partial charge >= 0.3 is 49.7 Å². The van der Waals surface area contributed by atoms with E-state index >= 15 is 0 Å². The number of aromatic carboxylic acids is 2. The predicted molar refractivity (Wildman–Crippen MR) is 138 cm³/mol. The zero-order valence-electron chi connectivity index (χ0n) is 20.8. The molecule has 0 N–H and O–H groups in total. The maximum absolute atomic E-state index is 12.4. The van der Waals surface area contributed by atoms with Gasteiger partial charge in [0.1, 0.15) is 13.2 Å². The van der Waals surface area contributed by atoms with Gasteiger partial charge in [0.25, 0.3) is 0 Å². The van der Waals surface area contributed by atoms with Gasteiger partial charge in [-0.2, -0.15) is 0 Å². The van der Waals surface area contributed by atoms with Crippen molar-refractivity contribution in [3.8, 4) is 0 Å². The van der Waals surface area contributed by atoms with E-state index in [2.05, 4.69) is 0 Å². The molecule has 0 amide bonds. The normalized spacial score (nSPS) is 9.64. The van der Waals surface area contributed by atoms with E-state index in [4.69, 9.17) is 9.47 Å². The Morgan fingerprint density at radius 1 is 0.462 bits per heavy atom. The molecule has 4 aromatic rings. The SMILES string of the molecule is O=C(OCc1ccccc1)c1ccccc1C(=O)OCc1ccccc1.O=C([O-])c1ccccc1C(=O)[O-].[Ca+2]. The van der Waals surface area contributed by atoms with Crippen molar-refractivity contribution < 1.29 is 38.9 Å². The number of hydrogen-bond donors (Lipinski definition) is 0. The molecule has 0 saturated carbocycles. The van der Waals surface area contributed by atoms with Gasteiger partial charge in [0.05, 0.1) is 23.1 Å². The molecule has 0 aliphatic heterocycles. The first-order valence-electron chi connectivity index (χ1n) is 11.4. The fraction of sp³-hybridized carbons (Fsp3) is 0.0667. The summed E-state index contributed by atoms with van der Waals surface area (Å²) < 4.78 is 10.6. The molecule has 0 radical (unpaired) electrons. The smallest absolute Gasteiger partial charge is 0.545 e. The van der Waals surface area contributed by atoms with Crippen molar-refractivity contribution in [1.82, 2.24) is 0 Å². The van der Waals surface area contributed by atoms with Crippen LogP contribution in [-0.4, -0.2) is 61.6 Å². The molecule has 0 fully saturated rings. The Bertz CT molecular complexity index is 1300. The van der Waals surface area contributed by atoms with Crippen LogP contribution in [0.15, 0.2) is 109 Å². The number of benzene rings is 4. The average molecular weight is 551 g/mol. The third kappa shape index (κ3) is 9.68. The number of carboxylic acid groups (broad SMARTS) is 2. The zero-order chi connectivity index (χ0) is 27.3. The Morgan fingerprint density at radius 2 is 0.744 bits per heavy atom. The van der Waals surface area contributed by atoms with E-state index < -0.39 is 23.9 Å². The number of carbonyl (C=O) groups excluding carboxylic acids is 4. The molecule has 0 unspecified atom stereocenters. The number of carboxylic acids is 2. The second-order valence-corrected chi connectivity index (χ2v) is 7.79. The van der Waals surface area contributed by atoms with Gasteiger partial charge in [0, 0.05) is 11.1 Å². The van der Waals surface area contributed by atoms with E-state index in [-0.39, 0.29) is 73.2 Å². The monoisotopic (exact) mass is 550 g/mol. The van der Waals surface area contributed by atoms with Crippen molar-refractivity contribution in [2.24, 2.45) is 0 Å². The Labute approximate surface area is 254 Å². The topological polar surface area (TPSA) is 133 Å². The quantitative estimate of drug-likeness (QED) is 0.241. The molecule has 8 nitrogen and oxygen atoms in total. The molecule has 39 heavy (non-hydrogen) atoms.